The van der Waals surface area contributed by atoms with E-state index in [-0.39, 0.29) is 0 Å². The van der Waals surface area contributed by atoms with Gasteiger partial charge in [0.1, 0.15) is 0 Å². The molecule has 0 N–H and O–H groups in total. The highest BCUT2D eigenvalue weighted by Gasteiger charge is 2.07. The molecule has 24 heavy (non-hydrogen) atoms. The smallest absolute Gasteiger partial charge is 0.00891 e. The molecule has 1 radical (unpaired) electrons. The number of hydrogen-bond acceptors (Lipinski definition) is 1. The maximum atomic E-state index is 4.05. The lowest BCUT2D eigenvalue weighted by Crippen LogP contribution is -2.26. The topological polar surface area (TPSA) is 3.24 Å². The first-order valence-electron chi connectivity index (χ1n) is 10.8. The maximum absolute atomic E-state index is 4.05. The fourth-order valence-corrected chi connectivity index (χ4v) is 3.29. The lowest BCUT2D eigenvalue weighted by molar-refractivity contribution is 0.272. The molecule has 0 aliphatic rings. The van der Waals surface area contributed by atoms with E-state index in [4.69, 9.17) is 0 Å². The molecule has 0 aliphatic carbocycles. The molecule has 0 rings (SSSR count). The Kier molecular flexibility index (Phi) is 18.8. The van der Waals surface area contributed by atoms with Crippen LogP contribution in [0.5, 0.6) is 0 Å². The van der Waals surface area contributed by atoms with Crippen molar-refractivity contribution in [1.82, 2.24) is 4.90 Å². The summed E-state index contributed by atoms with van der Waals surface area (Å²) < 4.78 is 0. The van der Waals surface area contributed by atoms with Crippen LogP contribution in [-0.4, -0.2) is 25.0 Å². The lowest BCUT2D eigenvalue weighted by atomic mass is 10.0. The zero-order valence-corrected chi connectivity index (χ0v) is 17.2. The second-order valence-corrected chi connectivity index (χ2v) is 7.63. The molecule has 0 heterocycles. The summed E-state index contributed by atoms with van der Waals surface area (Å²) in [6.07, 6.45) is 26.6. The maximum Gasteiger partial charge on any atom is 0.00891 e. The Hall–Kier alpha value is -0.300. The summed E-state index contributed by atoms with van der Waals surface area (Å²) in [4.78, 5) is 2.32. The van der Waals surface area contributed by atoms with Crippen LogP contribution >= 0.6 is 0 Å². The van der Waals surface area contributed by atoms with E-state index in [2.05, 4.69) is 45.0 Å². The zero-order chi connectivity index (χ0) is 17.9. The number of allylic oxidation sites excluding steroid dienone is 2. The Balaban J connectivity index is 3.20. The Bertz CT molecular complexity index is 257. The van der Waals surface area contributed by atoms with Crippen molar-refractivity contribution >= 4 is 0 Å². The van der Waals surface area contributed by atoms with E-state index in [0.29, 0.717) is 6.04 Å². The summed E-state index contributed by atoms with van der Waals surface area (Å²) in [6, 6.07) is 0.682. The van der Waals surface area contributed by atoms with Crippen LogP contribution in [0.2, 0.25) is 0 Å². The molecule has 0 saturated heterocycles. The first-order valence-corrected chi connectivity index (χ1v) is 10.8. The van der Waals surface area contributed by atoms with Gasteiger partial charge in [-0.15, -0.1) is 0 Å². The van der Waals surface area contributed by atoms with Crippen LogP contribution in [-0.2, 0) is 0 Å². The van der Waals surface area contributed by atoms with E-state index < -0.39 is 0 Å². The second-order valence-electron chi connectivity index (χ2n) is 7.63. The number of nitrogens with zero attached hydrogens (tertiary/aromatic N) is 1. The summed E-state index contributed by atoms with van der Waals surface area (Å²) in [7, 11) is 4.35. The predicted octanol–water partition coefficient (Wildman–Crippen LogP) is 7.57. The Morgan fingerprint density at radius 2 is 1.17 bits per heavy atom. The summed E-state index contributed by atoms with van der Waals surface area (Å²) >= 11 is 0. The molecule has 1 heteroatoms. The SMILES string of the molecule is [CH2]CC(CCCCCCCC/C=C\CCCCCCCC)N(C)C. The third-order valence-corrected chi connectivity index (χ3v) is 5.11. The minimum absolute atomic E-state index is 0.682. The molecule has 1 unspecified atom stereocenters. The molecule has 0 spiro atoms. The van der Waals surface area contributed by atoms with Crippen molar-refractivity contribution in [2.45, 2.75) is 116 Å². The Morgan fingerprint density at radius 3 is 1.62 bits per heavy atom. The fraction of sp³-hybridized carbons (Fsp3) is 0.870. The van der Waals surface area contributed by atoms with Crippen LogP contribution in [0.3, 0.4) is 0 Å². The first kappa shape index (κ1) is 23.7. The van der Waals surface area contributed by atoms with Gasteiger partial charge in [-0.05, 0) is 52.6 Å². The van der Waals surface area contributed by atoms with Crippen molar-refractivity contribution in [2.24, 2.45) is 0 Å². The van der Waals surface area contributed by atoms with Crippen molar-refractivity contribution in [3.63, 3.8) is 0 Å². The minimum Gasteiger partial charge on any atom is -0.306 e. The molecule has 0 aromatic carbocycles. The standard InChI is InChI=1S/C23H46N/c1-5-7-8-9-10-11-12-13-14-15-16-17-18-19-20-21-22-23(6-2)24(3)4/h13-14,23H,2,5-12,15-22H2,1,3-4H3/b14-13-. The number of rotatable bonds is 18. The van der Waals surface area contributed by atoms with Gasteiger partial charge >= 0.3 is 0 Å². The molecule has 0 amide bonds. The van der Waals surface area contributed by atoms with Crippen molar-refractivity contribution in [2.75, 3.05) is 14.1 Å². The van der Waals surface area contributed by atoms with E-state index in [1.807, 2.05) is 0 Å². The van der Waals surface area contributed by atoms with Crippen LogP contribution < -0.4 is 0 Å². The highest BCUT2D eigenvalue weighted by Crippen LogP contribution is 2.13. The summed E-state index contributed by atoms with van der Waals surface area (Å²) in [5.41, 5.74) is 0. The Morgan fingerprint density at radius 1 is 0.708 bits per heavy atom. The molecule has 0 aromatic rings. The van der Waals surface area contributed by atoms with E-state index in [0.717, 1.165) is 6.42 Å². The first-order chi connectivity index (χ1) is 11.7. The molecule has 0 saturated carbocycles. The predicted molar refractivity (Wildman–Crippen MR) is 112 cm³/mol. The average molecular weight is 337 g/mol. The van der Waals surface area contributed by atoms with Gasteiger partial charge in [0.2, 0.25) is 0 Å². The van der Waals surface area contributed by atoms with Gasteiger partial charge in [0.05, 0.1) is 0 Å². The normalized spacial score (nSPS) is 13.2. The van der Waals surface area contributed by atoms with Gasteiger partial charge in [-0.3, -0.25) is 0 Å². The third kappa shape index (κ3) is 16.6. The van der Waals surface area contributed by atoms with Gasteiger partial charge in [0, 0.05) is 6.04 Å². The van der Waals surface area contributed by atoms with Crippen LogP contribution in [0.4, 0.5) is 0 Å². The van der Waals surface area contributed by atoms with Gasteiger partial charge in [-0.25, -0.2) is 0 Å². The van der Waals surface area contributed by atoms with Crippen molar-refractivity contribution in [1.29, 1.82) is 0 Å². The quantitative estimate of drug-likeness (QED) is 0.184. The third-order valence-electron chi connectivity index (χ3n) is 5.11. The molecular weight excluding hydrogens is 290 g/mol. The minimum atomic E-state index is 0.682. The van der Waals surface area contributed by atoms with Crippen LogP contribution in [0.15, 0.2) is 12.2 Å². The lowest BCUT2D eigenvalue weighted by Gasteiger charge is -2.22. The van der Waals surface area contributed by atoms with Gasteiger partial charge in [0.25, 0.3) is 0 Å². The monoisotopic (exact) mass is 336 g/mol. The zero-order valence-electron chi connectivity index (χ0n) is 17.2. The molecule has 1 atom stereocenters. The van der Waals surface area contributed by atoms with Crippen molar-refractivity contribution in [3.05, 3.63) is 19.1 Å². The molecule has 0 fully saturated rings. The molecule has 143 valence electrons. The molecule has 0 aliphatic heterocycles. The molecule has 0 aromatic heterocycles. The largest absolute Gasteiger partial charge is 0.306 e. The van der Waals surface area contributed by atoms with Gasteiger partial charge < -0.3 is 4.90 Å². The van der Waals surface area contributed by atoms with Gasteiger partial charge in [-0.1, -0.05) is 90.2 Å². The highest BCUT2D eigenvalue weighted by atomic mass is 15.1. The van der Waals surface area contributed by atoms with Crippen LogP contribution in [0.25, 0.3) is 0 Å². The van der Waals surface area contributed by atoms with Gasteiger partial charge in [-0.2, -0.15) is 0 Å². The molecular formula is C23H46N. The number of unbranched alkanes of at least 4 members (excludes halogenated alkanes) is 12. The van der Waals surface area contributed by atoms with Crippen LogP contribution in [0.1, 0.15) is 110 Å². The molecule has 1 nitrogen and oxygen atoms in total. The number of hydrogen-bond donors (Lipinski definition) is 0. The van der Waals surface area contributed by atoms with E-state index >= 15 is 0 Å². The second kappa shape index (κ2) is 19.0. The highest BCUT2D eigenvalue weighted by molar-refractivity contribution is 4.81. The van der Waals surface area contributed by atoms with E-state index in [1.165, 1.54) is 96.3 Å². The Labute approximate surface area is 154 Å². The van der Waals surface area contributed by atoms with Crippen LogP contribution in [0, 0.1) is 6.92 Å². The summed E-state index contributed by atoms with van der Waals surface area (Å²) in [5.74, 6) is 0. The average Bonchev–Trinajstić information content (AvgIpc) is 2.57. The summed E-state index contributed by atoms with van der Waals surface area (Å²) in [5, 5.41) is 0. The van der Waals surface area contributed by atoms with E-state index in [1.54, 1.807) is 0 Å². The van der Waals surface area contributed by atoms with Gasteiger partial charge in [0.15, 0.2) is 0 Å². The van der Waals surface area contributed by atoms with Crippen molar-refractivity contribution in [3.8, 4) is 0 Å². The molecule has 0 bridgehead atoms. The van der Waals surface area contributed by atoms with Crippen molar-refractivity contribution < 1.29 is 0 Å². The fourth-order valence-electron chi connectivity index (χ4n) is 3.29. The summed E-state index contributed by atoms with van der Waals surface area (Å²) in [6.45, 7) is 6.34. The van der Waals surface area contributed by atoms with E-state index in [9.17, 15) is 0 Å².